The first-order valence-electron chi connectivity index (χ1n) is 7.33. The van der Waals surface area contributed by atoms with Crippen LogP contribution < -0.4 is 0 Å². The normalized spacial score (nSPS) is 24.6. The van der Waals surface area contributed by atoms with E-state index in [-0.39, 0.29) is 24.0 Å². The summed E-state index contributed by atoms with van der Waals surface area (Å²) in [6, 6.07) is 0.0849. The fourth-order valence-electron chi connectivity index (χ4n) is 2.88. The minimum atomic E-state index is -3.60. The van der Waals surface area contributed by atoms with Gasteiger partial charge in [0.25, 0.3) is 0 Å². The number of carboxylic acid groups (broad SMARTS) is 1. The molecule has 122 valence electrons. The van der Waals surface area contributed by atoms with Crippen molar-refractivity contribution in [3.05, 3.63) is 12.4 Å². The van der Waals surface area contributed by atoms with Gasteiger partial charge in [0, 0.05) is 25.9 Å². The summed E-state index contributed by atoms with van der Waals surface area (Å²) in [5.41, 5.74) is 0. The molecule has 3 heterocycles. The van der Waals surface area contributed by atoms with Crippen molar-refractivity contribution in [2.75, 3.05) is 26.3 Å². The largest absolute Gasteiger partial charge is 0.481 e. The Bertz CT molecular complexity index is 642. The lowest BCUT2D eigenvalue weighted by atomic mass is 9.99. The molecule has 0 radical (unpaired) electrons. The minimum Gasteiger partial charge on any atom is -0.481 e. The topological polar surface area (TPSA) is 102 Å². The van der Waals surface area contributed by atoms with Crippen molar-refractivity contribution < 1.29 is 23.1 Å². The fraction of sp³-hybridized carbons (Fsp3) is 0.692. The van der Waals surface area contributed by atoms with E-state index >= 15 is 0 Å². The molecule has 0 amide bonds. The molecule has 3 rings (SSSR count). The molecule has 0 spiro atoms. The number of ether oxygens (including phenoxy) is 1. The molecule has 9 heteroatoms. The zero-order chi connectivity index (χ0) is 15.7. The number of sulfonamides is 1. The predicted molar refractivity (Wildman–Crippen MR) is 75.8 cm³/mol. The highest BCUT2D eigenvalue weighted by molar-refractivity contribution is 7.89. The average Bonchev–Trinajstić information content (AvgIpc) is 3.18. The molecule has 1 N–H and O–H groups in total. The zero-order valence-corrected chi connectivity index (χ0v) is 12.9. The molecule has 1 aromatic rings. The molecule has 22 heavy (non-hydrogen) atoms. The van der Waals surface area contributed by atoms with Gasteiger partial charge < -0.3 is 9.84 Å². The second-order valence-electron chi connectivity index (χ2n) is 5.69. The maximum Gasteiger partial charge on any atom is 0.306 e. The summed E-state index contributed by atoms with van der Waals surface area (Å²) < 4.78 is 33.4. The number of aromatic nitrogens is 2. The van der Waals surface area contributed by atoms with Gasteiger partial charge in [-0.15, -0.1) is 0 Å². The summed E-state index contributed by atoms with van der Waals surface area (Å²) in [6.45, 7) is 1.68. The molecule has 0 aliphatic carbocycles. The van der Waals surface area contributed by atoms with E-state index in [1.807, 2.05) is 0 Å². The number of carboxylic acids is 1. The number of rotatable bonds is 4. The first kappa shape index (κ1) is 15.4. The van der Waals surface area contributed by atoms with Gasteiger partial charge >= 0.3 is 5.97 Å². The Balaban J connectivity index is 1.72. The van der Waals surface area contributed by atoms with Gasteiger partial charge in [-0.05, 0) is 19.3 Å². The van der Waals surface area contributed by atoms with E-state index in [2.05, 4.69) is 5.10 Å². The van der Waals surface area contributed by atoms with E-state index in [0.717, 1.165) is 6.42 Å². The van der Waals surface area contributed by atoms with Gasteiger partial charge in [-0.25, -0.2) is 8.42 Å². The highest BCUT2D eigenvalue weighted by atomic mass is 32.2. The Hall–Kier alpha value is -1.45. The van der Waals surface area contributed by atoms with Crippen LogP contribution in [-0.2, 0) is 19.6 Å². The smallest absolute Gasteiger partial charge is 0.306 e. The predicted octanol–water partition coefficient (Wildman–Crippen LogP) is 0.330. The molecule has 2 saturated heterocycles. The van der Waals surface area contributed by atoms with Crippen LogP contribution in [0.2, 0.25) is 0 Å². The van der Waals surface area contributed by atoms with Crippen LogP contribution >= 0.6 is 0 Å². The molecule has 0 aromatic carbocycles. The van der Waals surface area contributed by atoms with Crippen LogP contribution in [-0.4, -0.2) is 59.9 Å². The van der Waals surface area contributed by atoms with Crippen LogP contribution in [0, 0.1) is 5.92 Å². The molecule has 2 aliphatic rings. The second-order valence-corrected chi connectivity index (χ2v) is 7.63. The lowest BCUT2D eigenvalue weighted by Crippen LogP contribution is -2.40. The monoisotopic (exact) mass is 329 g/mol. The molecule has 0 bridgehead atoms. The first-order chi connectivity index (χ1) is 10.5. The Labute approximate surface area is 128 Å². The number of piperidine rings is 1. The molecule has 1 atom stereocenters. The molecule has 1 unspecified atom stereocenters. The van der Waals surface area contributed by atoms with E-state index in [4.69, 9.17) is 9.84 Å². The number of hydrogen-bond donors (Lipinski definition) is 1. The standard InChI is InChI=1S/C13H19N3O5S/c17-13(18)10-1-4-15(5-2-10)22(19,20)12-7-14-16(8-12)11-3-6-21-9-11/h7-8,10-11H,1-6,9H2,(H,17,18). The van der Waals surface area contributed by atoms with E-state index in [9.17, 15) is 13.2 Å². The Morgan fingerprint density at radius 3 is 2.64 bits per heavy atom. The summed E-state index contributed by atoms with van der Waals surface area (Å²) in [7, 11) is -3.60. The Morgan fingerprint density at radius 2 is 2.05 bits per heavy atom. The van der Waals surface area contributed by atoms with Gasteiger partial charge in [-0.3, -0.25) is 9.48 Å². The maximum atomic E-state index is 12.6. The van der Waals surface area contributed by atoms with Crippen LogP contribution in [0.4, 0.5) is 0 Å². The van der Waals surface area contributed by atoms with Gasteiger partial charge in [0.15, 0.2) is 0 Å². The third kappa shape index (κ3) is 2.88. The molecule has 1 aromatic heterocycles. The minimum absolute atomic E-state index is 0.0849. The van der Waals surface area contributed by atoms with Crippen molar-refractivity contribution >= 4 is 16.0 Å². The molecule has 2 fully saturated rings. The fourth-order valence-corrected chi connectivity index (χ4v) is 4.29. The van der Waals surface area contributed by atoms with E-state index in [0.29, 0.717) is 26.1 Å². The highest BCUT2D eigenvalue weighted by Crippen LogP contribution is 2.25. The molecule has 0 saturated carbocycles. The van der Waals surface area contributed by atoms with Gasteiger partial charge in [0.1, 0.15) is 4.90 Å². The van der Waals surface area contributed by atoms with Gasteiger partial charge in [-0.1, -0.05) is 0 Å². The zero-order valence-electron chi connectivity index (χ0n) is 12.1. The molecular formula is C13H19N3O5S. The van der Waals surface area contributed by atoms with Crippen molar-refractivity contribution in [2.45, 2.75) is 30.2 Å². The molecule has 8 nitrogen and oxygen atoms in total. The summed E-state index contributed by atoms with van der Waals surface area (Å²) in [4.78, 5) is 11.1. The summed E-state index contributed by atoms with van der Waals surface area (Å²) in [6.07, 6.45) is 4.42. The lowest BCUT2D eigenvalue weighted by molar-refractivity contribution is -0.142. The average molecular weight is 329 g/mol. The quantitative estimate of drug-likeness (QED) is 0.854. The Morgan fingerprint density at radius 1 is 1.32 bits per heavy atom. The highest BCUT2D eigenvalue weighted by Gasteiger charge is 2.33. The van der Waals surface area contributed by atoms with Crippen molar-refractivity contribution in [2.24, 2.45) is 5.92 Å². The second kappa shape index (κ2) is 5.98. The third-order valence-corrected chi connectivity index (χ3v) is 6.15. The van der Waals surface area contributed by atoms with Gasteiger partial charge in [0.2, 0.25) is 10.0 Å². The Kier molecular flexibility index (Phi) is 4.20. The first-order valence-corrected chi connectivity index (χ1v) is 8.77. The van der Waals surface area contributed by atoms with Gasteiger partial charge in [0.05, 0.1) is 24.8 Å². The third-order valence-electron chi connectivity index (χ3n) is 4.30. The van der Waals surface area contributed by atoms with Crippen molar-refractivity contribution in [3.63, 3.8) is 0 Å². The molecular weight excluding hydrogens is 310 g/mol. The van der Waals surface area contributed by atoms with Crippen molar-refractivity contribution in [1.29, 1.82) is 0 Å². The van der Waals surface area contributed by atoms with E-state index in [1.54, 1.807) is 4.68 Å². The maximum absolute atomic E-state index is 12.6. The van der Waals surface area contributed by atoms with E-state index in [1.165, 1.54) is 16.7 Å². The van der Waals surface area contributed by atoms with E-state index < -0.39 is 21.9 Å². The summed E-state index contributed by atoms with van der Waals surface area (Å²) >= 11 is 0. The summed E-state index contributed by atoms with van der Waals surface area (Å²) in [5.74, 6) is -1.31. The number of hydrogen-bond acceptors (Lipinski definition) is 5. The van der Waals surface area contributed by atoms with Crippen molar-refractivity contribution in [1.82, 2.24) is 14.1 Å². The van der Waals surface area contributed by atoms with Crippen LogP contribution in [0.25, 0.3) is 0 Å². The van der Waals surface area contributed by atoms with Crippen LogP contribution in [0.1, 0.15) is 25.3 Å². The van der Waals surface area contributed by atoms with Gasteiger partial charge in [-0.2, -0.15) is 9.40 Å². The number of nitrogens with zero attached hydrogens (tertiary/aromatic N) is 3. The summed E-state index contributed by atoms with van der Waals surface area (Å²) in [5, 5.41) is 13.1. The van der Waals surface area contributed by atoms with Crippen LogP contribution in [0.3, 0.4) is 0 Å². The lowest BCUT2D eigenvalue weighted by Gasteiger charge is -2.28. The van der Waals surface area contributed by atoms with Crippen LogP contribution in [0.5, 0.6) is 0 Å². The number of aliphatic carboxylic acids is 1. The SMILES string of the molecule is O=C(O)C1CCN(S(=O)(=O)c2cnn(C3CCOC3)c2)CC1. The molecule has 2 aliphatic heterocycles. The van der Waals surface area contributed by atoms with Crippen molar-refractivity contribution in [3.8, 4) is 0 Å². The van der Waals surface area contributed by atoms with Crippen LogP contribution in [0.15, 0.2) is 17.3 Å². The number of carbonyl (C=O) groups is 1.